The number of carbonyl (C=O) groups excluding carboxylic acids is 2. The normalized spacial score (nSPS) is 11.4. The van der Waals surface area contributed by atoms with Crippen LogP contribution in [0.1, 0.15) is 34.0 Å². The predicted molar refractivity (Wildman–Crippen MR) is 99.3 cm³/mol. The molecule has 0 aliphatic carbocycles. The molecule has 138 valence electrons. The Morgan fingerprint density at radius 2 is 1.73 bits per heavy atom. The number of nitrogens with one attached hydrogen (secondary N) is 2. The summed E-state index contributed by atoms with van der Waals surface area (Å²) >= 11 is 0. The van der Waals surface area contributed by atoms with Gasteiger partial charge in [0.2, 0.25) is 0 Å². The fourth-order valence-electron chi connectivity index (χ4n) is 2.38. The number of hydrogen-bond acceptors (Lipinski definition) is 4. The molecule has 0 aliphatic heterocycles. The molecule has 26 heavy (non-hydrogen) atoms. The molecular formula is C20H24N2O4. The SMILES string of the molecule is COc1ccc(C)cc1C(=O)NNC(=O)[C@H](C)Oc1cccc(C)c1C. The van der Waals surface area contributed by atoms with Gasteiger partial charge in [0.15, 0.2) is 6.10 Å². The fraction of sp³-hybridized carbons (Fsp3) is 0.300. The number of ether oxygens (including phenoxy) is 2. The van der Waals surface area contributed by atoms with Crippen LogP contribution in [-0.2, 0) is 4.79 Å². The van der Waals surface area contributed by atoms with Crippen molar-refractivity contribution < 1.29 is 19.1 Å². The summed E-state index contributed by atoms with van der Waals surface area (Å²) in [5.41, 5.74) is 8.09. The number of methoxy groups -OCH3 is 1. The number of hydrazine groups is 1. The van der Waals surface area contributed by atoms with Crippen molar-refractivity contribution in [1.82, 2.24) is 10.9 Å². The second kappa shape index (κ2) is 8.38. The van der Waals surface area contributed by atoms with E-state index in [1.165, 1.54) is 7.11 Å². The van der Waals surface area contributed by atoms with Crippen LogP contribution in [0.2, 0.25) is 0 Å². The van der Waals surface area contributed by atoms with E-state index in [2.05, 4.69) is 10.9 Å². The maximum absolute atomic E-state index is 12.3. The topological polar surface area (TPSA) is 76.7 Å². The van der Waals surface area contributed by atoms with E-state index in [4.69, 9.17) is 9.47 Å². The molecule has 0 aliphatic rings. The molecule has 0 unspecified atom stereocenters. The maximum atomic E-state index is 12.3. The average Bonchev–Trinajstić information content (AvgIpc) is 2.63. The van der Waals surface area contributed by atoms with Crippen LogP contribution in [0.25, 0.3) is 0 Å². The molecule has 2 aromatic rings. The molecule has 2 aromatic carbocycles. The van der Waals surface area contributed by atoms with Gasteiger partial charge >= 0.3 is 0 Å². The van der Waals surface area contributed by atoms with E-state index in [1.807, 2.05) is 45.0 Å². The zero-order chi connectivity index (χ0) is 19.3. The summed E-state index contributed by atoms with van der Waals surface area (Å²) in [7, 11) is 1.49. The predicted octanol–water partition coefficient (Wildman–Crippen LogP) is 2.85. The molecule has 6 nitrogen and oxygen atoms in total. The third kappa shape index (κ3) is 4.53. The van der Waals surface area contributed by atoms with Gasteiger partial charge in [-0.05, 0) is 57.0 Å². The Bertz CT molecular complexity index is 817. The lowest BCUT2D eigenvalue weighted by Crippen LogP contribution is -2.47. The molecule has 0 saturated heterocycles. The maximum Gasteiger partial charge on any atom is 0.279 e. The van der Waals surface area contributed by atoms with Gasteiger partial charge in [0.05, 0.1) is 12.7 Å². The smallest absolute Gasteiger partial charge is 0.279 e. The second-order valence-electron chi connectivity index (χ2n) is 6.11. The molecule has 0 saturated carbocycles. The molecule has 0 spiro atoms. The summed E-state index contributed by atoms with van der Waals surface area (Å²) in [5.74, 6) is 0.157. The highest BCUT2D eigenvalue weighted by Gasteiger charge is 2.18. The quantitative estimate of drug-likeness (QED) is 0.808. The van der Waals surface area contributed by atoms with E-state index >= 15 is 0 Å². The van der Waals surface area contributed by atoms with E-state index < -0.39 is 17.9 Å². The highest BCUT2D eigenvalue weighted by molar-refractivity contribution is 5.98. The summed E-state index contributed by atoms with van der Waals surface area (Å²) in [6.07, 6.45) is -0.768. The summed E-state index contributed by atoms with van der Waals surface area (Å²) in [6.45, 7) is 7.40. The van der Waals surface area contributed by atoms with Crippen LogP contribution < -0.4 is 20.3 Å². The van der Waals surface area contributed by atoms with Crippen LogP contribution >= 0.6 is 0 Å². The molecule has 0 radical (unpaired) electrons. The second-order valence-corrected chi connectivity index (χ2v) is 6.11. The minimum atomic E-state index is -0.768. The third-order valence-corrected chi connectivity index (χ3v) is 4.13. The first-order valence-corrected chi connectivity index (χ1v) is 8.31. The largest absolute Gasteiger partial charge is 0.496 e. The Balaban J connectivity index is 1.98. The van der Waals surface area contributed by atoms with Crippen molar-refractivity contribution in [1.29, 1.82) is 0 Å². The molecule has 6 heteroatoms. The minimum Gasteiger partial charge on any atom is -0.496 e. The summed E-state index contributed by atoms with van der Waals surface area (Å²) in [6, 6.07) is 10.9. The van der Waals surface area contributed by atoms with Crippen LogP contribution in [0.15, 0.2) is 36.4 Å². The lowest BCUT2D eigenvalue weighted by atomic mass is 10.1. The first kappa shape index (κ1) is 19.3. The van der Waals surface area contributed by atoms with Gasteiger partial charge < -0.3 is 9.47 Å². The van der Waals surface area contributed by atoms with E-state index in [0.29, 0.717) is 17.1 Å². The molecular weight excluding hydrogens is 332 g/mol. The van der Waals surface area contributed by atoms with Crippen molar-refractivity contribution >= 4 is 11.8 Å². The monoisotopic (exact) mass is 356 g/mol. The molecule has 0 fully saturated rings. The van der Waals surface area contributed by atoms with Crippen LogP contribution in [0, 0.1) is 20.8 Å². The fourth-order valence-corrected chi connectivity index (χ4v) is 2.38. The van der Waals surface area contributed by atoms with Crippen LogP contribution in [0.4, 0.5) is 0 Å². The molecule has 0 aromatic heterocycles. The van der Waals surface area contributed by atoms with Crippen molar-refractivity contribution in [2.75, 3.05) is 7.11 Å². The lowest BCUT2D eigenvalue weighted by Gasteiger charge is -2.17. The standard InChI is InChI=1S/C20H24N2O4/c1-12-9-10-18(25-5)16(11-12)20(24)22-21-19(23)15(4)26-17-8-6-7-13(2)14(17)3/h6-11,15H,1-5H3,(H,21,23)(H,22,24)/t15-/m0/s1. The van der Waals surface area contributed by atoms with E-state index in [1.54, 1.807) is 19.1 Å². The minimum absolute atomic E-state index is 0.343. The Kier molecular flexibility index (Phi) is 6.22. The summed E-state index contributed by atoms with van der Waals surface area (Å²) in [5, 5.41) is 0. The highest BCUT2D eigenvalue weighted by Crippen LogP contribution is 2.22. The van der Waals surface area contributed by atoms with Crippen LogP contribution in [0.3, 0.4) is 0 Å². The number of aryl methyl sites for hydroxylation is 2. The number of rotatable bonds is 5. The van der Waals surface area contributed by atoms with Crippen LogP contribution in [-0.4, -0.2) is 25.0 Å². The van der Waals surface area contributed by atoms with Crippen molar-refractivity contribution in [3.8, 4) is 11.5 Å². The van der Waals surface area contributed by atoms with Crippen LogP contribution in [0.5, 0.6) is 11.5 Å². The summed E-state index contributed by atoms with van der Waals surface area (Å²) < 4.78 is 10.9. The molecule has 2 amide bonds. The number of amides is 2. The van der Waals surface area contributed by atoms with Crippen molar-refractivity contribution in [3.63, 3.8) is 0 Å². The van der Waals surface area contributed by atoms with Gasteiger partial charge in [-0.3, -0.25) is 20.4 Å². The van der Waals surface area contributed by atoms with E-state index in [0.717, 1.165) is 16.7 Å². The van der Waals surface area contributed by atoms with Gasteiger partial charge in [-0.2, -0.15) is 0 Å². The summed E-state index contributed by atoms with van der Waals surface area (Å²) in [4.78, 5) is 24.5. The molecule has 2 rings (SSSR count). The first-order valence-electron chi connectivity index (χ1n) is 8.31. The van der Waals surface area contributed by atoms with E-state index in [-0.39, 0.29) is 0 Å². The van der Waals surface area contributed by atoms with Gasteiger partial charge in [-0.15, -0.1) is 0 Å². The Morgan fingerprint density at radius 1 is 1.00 bits per heavy atom. The molecule has 1 atom stereocenters. The highest BCUT2D eigenvalue weighted by atomic mass is 16.5. The van der Waals surface area contributed by atoms with Gasteiger partial charge in [0.25, 0.3) is 11.8 Å². The molecule has 0 heterocycles. The number of carbonyl (C=O) groups is 2. The first-order chi connectivity index (χ1) is 12.3. The Morgan fingerprint density at radius 3 is 2.42 bits per heavy atom. The average molecular weight is 356 g/mol. The van der Waals surface area contributed by atoms with Gasteiger partial charge in [-0.25, -0.2) is 0 Å². The zero-order valence-electron chi connectivity index (χ0n) is 15.7. The number of benzene rings is 2. The molecule has 0 bridgehead atoms. The van der Waals surface area contributed by atoms with Gasteiger partial charge in [0.1, 0.15) is 11.5 Å². The van der Waals surface area contributed by atoms with Gasteiger partial charge in [-0.1, -0.05) is 23.8 Å². The van der Waals surface area contributed by atoms with Crippen molar-refractivity contribution in [3.05, 3.63) is 58.7 Å². The van der Waals surface area contributed by atoms with Crippen molar-refractivity contribution in [2.45, 2.75) is 33.8 Å². The lowest BCUT2D eigenvalue weighted by molar-refractivity contribution is -0.128. The third-order valence-electron chi connectivity index (χ3n) is 4.13. The van der Waals surface area contributed by atoms with Crippen molar-refractivity contribution in [2.24, 2.45) is 0 Å². The molecule has 2 N–H and O–H groups in total. The number of hydrogen-bond donors (Lipinski definition) is 2. The Hall–Kier alpha value is -3.02. The zero-order valence-corrected chi connectivity index (χ0v) is 15.7. The Labute approximate surface area is 153 Å². The van der Waals surface area contributed by atoms with Gasteiger partial charge in [0, 0.05) is 0 Å². The van der Waals surface area contributed by atoms with E-state index in [9.17, 15) is 9.59 Å².